The average Bonchev–Trinajstić information content (AvgIpc) is 2.65. The van der Waals surface area contributed by atoms with E-state index >= 15 is 0 Å². The van der Waals surface area contributed by atoms with Crippen LogP contribution in [0.1, 0.15) is 37.9 Å². The number of carboxylic acid groups (broad SMARTS) is 1. The van der Waals surface area contributed by atoms with Crippen molar-refractivity contribution in [3.8, 4) is 5.75 Å². The minimum atomic E-state index is -0.781. The molecule has 0 spiro atoms. The molecule has 1 heterocycles. The molecule has 0 aliphatic rings. The highest BCUT2D eigenvalue weighted by Gasteiger charge is 2.21. The van der Waals surface area contributed by atoms with Crippen LogP contribution in [0, 0.1) is 5.41 Å². The van der Waals surface area contributed by atoms with Gasteiger partial charge in [0.05, 0.1) is 24.2 Å². The van der Waals surface area contributed by atoms with Crippen molar-refractivity contribution in [2.75, 3.05) is 6.61 Å². The Bertz CT molecular complexity index is 1040. The third kappa shape index (κ3) is 6.43. The summed E-state index contributed by atoms with van der Waals surface area (Å²) in [6.07, 6.45) is 4.80. The van der Waals surface area contributed by atoms with Crippen LogP contribution in [0.4, 0.5) is 0 Å². The number of fused-ring (bicyclic) bond motifs is 1. The van der Waals surface area contributed by atoms with Gasteiger partial charge in [0.15, 0.2) is 0 Å². The summed E-state index contributed by atoms with van der Waals surface area (Å²) in [5.74, 6) is -0.00883. The fourth-order valence-corrected chi connectivity index (χ4v) is 3.38. The summed E-state index contributed by atoms with van der Waals surface area (Å²) in [4.78, 5) is 15.6. The van der Waals surface area contributed by atoms with E-state index in [1.165, 1.54) is 0 Å². The quantitative estimate of drug-likeness (QED) is 0.426. The number of rotatable bonds is 8. The van der Waals surface area contributed by atoms with E-state index in [0.717, 1.165) is 32.4 Å². The van der Waals surface area contributed by atoms with Crippen LogP contribution < -0.4 is 4.74 Å². The molecule has 0 aliphatic carbocycles. The first-order valence-electron chi connectivity index (χ1n) is 9.50. The summed E-state index contributed by atoms with van der Waals surface area (Å²) < 4.78 is 6.85. The Morgan fingerprint density at radius 3 is 2.72 bits per heavy atom. The molecule has 0 unspecified atom stereocenters. The zero-order valence-electron chi connectivity index (χ0n) is 16.6. The van der Waals surface area contributed by atoms with Crippen molar-refractivity contribution in [1.82, 2.24) is 4.98 Å². The molecule has 0 amide bonds. The van der Waals surface area contributed by atoms with Crippen LogP contribution in [0.5, 0.6) is 5.75 Å². The SMILES string of the molecule is CC(C)(CCOc1cccc(C=Cc2ccc3ccc(Br)cc3n2)c1)CC(=O)O. The van der Waals surface area contributed by atoms with Gasteiger partial charge in [-0.15, -0.1) is 0 Å². The summed E-state index contributed by atoms with van der Waals surface area (Å²) in [5, 5.41) is 10.1. The molecule has 3 aromatic rings. The fourth-order valence-electron chi connectivity index (χ4n) is 3.03. The zero-order valence-corrected chi connectivity index (χ0v) is 18.1. The normalized spacial score (nSPS) is 11.8. The lowest BCUT2D eigenvalue weighted by Crippen LogP contribution is -2.19. The maximum atomic E-state index is 10.9. The lowest BCUT2D eigenvalue weighted by Gasteiger charge is -2.22. The highest BCUT2D eigenvalue weighted by atomic mass is 79.9. The van der Waals surface area contributed by atoms with Crippen LogP contribution in [0.25, 0.3) is 23.1 Å². The van der Waals surface area contributed by atoms with E-state index in [2.05, 4.69) is 27.0 Å². The second-order valence-electron chi connectivity index (χ2n) is 7.81. The van der Waals surface area contributed by atoms with E-state index in [4.69, 9.17) is 9.84 Å². The van der Waals surface area contributed by atoms with E-state index in [0.29, 0.717) is 13.0 Å². The second-order valence-corrected chi connectivity index (χ2v) is 8.73. The minimum Gasteiger partial charge on any atom is -0.494 e. The first-order chi connectivity index (χ1) is 13.8. The van der Waals surface area contributed by atoms with Gasteiger partial charge in [-0.1, -0.05) is 60.1 Å². The Hall–Kier alpha value is -2.66. The molecule has 0 bridgehead atoms. The smallest absolute Gasteiger partial charge is 0.303 e. The molecule has 0 saturated heterocycles. The molecule has 0 aliphatic heterocycles. The number of pyridine rings is 1. The largest absolute Gasteiger partial charge is 0.494 e. The average molecular weight is 454 g/mol. The molecule has 1 N–H and O–H groups in total. The lowest BCUT2D eigenvalue weighted by molar-refractivity contribution is -0.139. The maximum absolute atomic E-state index is 10.9. The molecule has 0 fully saturated rings. The van der Waals surface area contributed by atoms with Crippen LogP contribution in [0.3, 0.4) is 0 Å². The molecule has 1 aromatic heterocycles. The van der Waals surface area contributed by atoms with Crippen molar-refractivity contribution in [2.24, 2.45) is 5.41 Å². The van der Waals surface area contributed by atoms with Crippen LogP contribution in [0.2, 0.25) is 0 Å². The Morgan fingerprint density at radius 2 is 1.93 bits per heavy atom. The Kier molecular flexibility index (Phi) is 6.70. The predicted molar refractivity (Wildman–Crippen MR) is 121 cm³/mol. The molecule has 0 radical (unpaired) electrons. The lowest BCUT2D eigenvalue weighted by atomic mass is 9.86. The number of benzene rings is 2. The zero-order chi connectivity index (χ0) is 20.9. The first-order valence-corrected chi connectivity index (χ1v) is 10.3. The number of hydrogen-bond donors (Lipinski definition) is 1. The van der Waals surface area contributed by atoms with Gasteiger partial charge in [0.25, 0.3) is 0 Å². The maximum Gasteiger partial charge on any atom is 0.303 e. The molecular formula is C24H24BrNO3. The summed E-state index contributed by atoms with van der Waals surface area (Å²) >= 11 is 3.48. The standard InChI is InChI=1S/C24H24BrNO3/c1-24(2,16-23(27)28)12-13-29-21-5-3-4-17(14-21)6-10-20-11-8-18-7-9-19(25)15-22(18)26-20/h3-11,14-15H,12-13,16H2,1-2H3,(H,27,28). The van der Waals surface area contributed by atoms with E-state index in [9.17, 15) is 4.79 Å². The van der Waals surface area contributed by atoms with Gasteiger partial charge in [-0.2, -0.15) is 0 Å². The van der Waals surface area contributed by atoms with E-state index in [-0.39, 0.29) is 11.8 Å². The van der Waals surface area contributed by atoms with Crippen molar-refractivity contribution in [2.45, 2.75) is 26.7 Å². The van der Waals surface area contributed by atoms with E-state index in [1.54, 1.807) is 0 Å². The van der Waals surface area contributed by atoms with Crippen LogP contribution in [-0.4, -0.2) is 22.7 Å². The van der Waals surface area contributed by atoms with Gasteiger partial charge in [0.2, 0.25) is 0 Å². The van der Waals surface area contributed by atoms with Gasteiger partial charge in [0.1, 0.15) is 5.75 Å². The number of aromatic nitrogens is 1. The molecule has 3 rings (SSSR count). The predicted octanol–water partition coefficient (Wildman–Crippen LogP) is 6.44. The van der Waals surface area contributed by atoms with Crippen LogP contribution in [0.15, 0.2) is 59.1 Å². The molecular weight excluding hydrogens is 430 g/mol. The summed E-state index contributed by atoms with van der Waals surface area (Å²) in [6.45, 7) is 4.37. The van der Waals surface area contributed by atoms with Crippen molar-refractivity contribution >= 4 is 45.0 Å². The van der Waals surface area contributed by atoms with Gasteiger partial charge in [-0.05, 0) is 53.8 Å². The fraction of sp³-hybridized carbons (Fsp3) is 0.250. The number of aliphatic carboxylic acids is 1. The molecule has 0 saturated carbocycles. The van der Waals surface area contributed by atoms with Crippen molar-refractivity contribution in [3.05, 3.63) is 70.3 Å². The third-order valence-electron chi connectivity index (χ3n) is 4.66. The minimum absolute atomic E-state index is 0.133. The van der Waals surface area contributed by atoms with Gasteiger partial charge in [-0.3, -0.25) is 4.79 Å². The van der Waals surface area contributed by atoms with Gasteiger partial charge < -0.3 is 9.84 Å². The first kappa shape index (κ1) is 21.1. The Morgan fingerprint density at radius 1 is 1.14 bits per heavy atom. The summed E-state index contributed by atoms with van der Waals surface area (Å²) in [6, 6.07) is 18.0. The highest BCUT2D eigenvalue weighted by Crippen LogP contribution is 2.26. The van der Waals surface area contributed by atoms with Gasteiger partial charge >= 0.3 is 5.97 Å². The number of nitrogens with zero attached hydrogens (tertiary/aromatic N) is 1. The number of halogens is 1. The number of ether oxygens (including phenoxy) is 1. The van der Waals surface area contributed by atoms with Crippen molar-refractivity contribution in [1.29, 1.82) is 0 Å². The van der Waals surface area contributed by atoms with Crippen molar-refractivity contribution in [3.63, 3.8) is 0 Å². The number of carboxylic acids is 1. The molecule has 4 nitrogen and oxygen atoms in total. The number of hydrogen-bond acceptors (Lipinski definition) is 3. The summed E-state index contributed by atoms with van der Waals surface area (Å²) in [5.41, 5.74) is 2.56. The van der Waals surface area contributed by atoms with E-state index < -0.39 is 5.97 Å². The second kappa shape index (κ2) is 9.23. The highest BCUT2D eigenvalue weighted by molar-refractivity contribution is 9.10. The van der Waals surface area contributed by atoms with Crippen molar-refractivity contribution < 1.29 is 14.6 Å². The van der Waals surface area contributed by atoms with Gasteiger partial charge in [-0.25, -0.2) is 4.98 Å². The molecule has 150 valence electrons. The molecule has 29 heavy (non-hydrogen) atoms. The molecule has 5 heteroatoms. The summed E-state index contributed by atoms with van der Waals surface area (Å²) in [7, 11) is 0. The topological polar surface area (TPSA) is 59.4 Å². The van der Waals surface area contributed by atoms with Gasteiger partial charge in [0, 0.05) is 9.86 Å². The van der Waals surface area contributed by atoms with Crippen LogP contribution in [-0.2, 0) is 4.79 Å². The van der Waals surface area contributed by atoms with E-state index in [1.807, 2.05) is 74.5 Å². The monoisotopic (exact) mass is 453 g/mol. The Labute approximate surface area is 179 Å². The Balaban J connectivity index is 1.64. The van der Waals surface area contributed by atoms with Crippen LogP contribution >= 0.6 is 15.9 Å². The third-order valence-corrected chi connectivity index (χ3v) is 5.15. The number of carbonyl (C=O) groups is 1. The molecule has 2 aromatic carbocycles. The molecule has 0 atom stereocenters.